The highest BCUT2D eigenvalue weighted by Gasteiger charge is 2.24. The minimum atomic E-state index is -0.737. The number of aromatic hydroxyl groups is 1. The molecule has 0 saturated carbocycles. The van der Waals surface area contributed by atoms with Crippen molar-refractivity contribution in [3.05, 3.63) is 57.2 Å². The minimum Gasteiger partial charge on any atom is -0.504 e. The van der Waals surface area contributed by atoms with Gasteiger partial charge in [-0.05, 0) is 58.3 Å². The normalized spacial score (nSPS) is 12.0. The first-order valence-corrected chi connectivity index (χ1v) is 9.66. The number of halogens is 1. The molecule has 0 bridgehead atoms. The quantitative estimate of drug-likeness (QED) is 0.313. The number of ether oxygens (including phenoxy) is 1. The van der Waals surface area contributed by atoms with Crippen molar-refractivity contribution < 1.29 is 19.4 Å². The molecule has 1 unspecified atom stereocenters. The van der Waals surface area contributed by atoms with Crippen molar-refractivity contribution in [3.63, 3.8) is 0 Å². The molecule has 0 aliphatic carbocycles. The van der Waals surface area contributed by atoms with Crippen LogP contribution in [0.15, 0.2) is 47.6 Å². The number of carbonyl (C=O) groups excluding carboxylic acids is 2. The van der Waals surface area contributed by atoms with Crippen LogP contribution in [0, 0.1) is 9.49 Å². The number of nitrogens with one attached hydrogen (secondary N) is 2. The van der Waals surface area contributed by atoms with Crippen molar-refractivity contribution in [2.24, 2.45) is 11.0 Å². The van der Waals surface area contributed by atoms with Crippen LogP contribution in [-0.4, -0.2) is 36.3 Å². The van der Waals surface area contributed by atoms with E-state index in [1.807, 2.05) is 42.5 Å². The average Bonchev–Trinajstić information content (AvgIpc) is 2.68. The van der Waals surface area contributed by atoms with E-state index in [-0.39, 0.29) is 17.6 Å². The minimum absolute atomic E-state index is 0.0489. The number of hydrogen-bond donors (Lipinski definition) is 3. The molecule has 0 heterocycles. The molecule has 8 heteroatoms. The Morgan fingerprint density at radius 3 is 2.50 bits per heavy atom. The molecule has 2 amide bonds. The fourth-order valence-corrected chi connectivity index (χ4v) is 3.04. The summed E-state index contributed by atoms with van der Waals surface area (Å²) in [7, 11) is 1.45. The van der Waals surface area contributed by atoms with Gasteiger partial charge < -0.3 is 15.2 Å². The largest absolute Gasteiger partial charge is 0.504 e. The zero-order chi connectivity index (χ0) is 20.7. The van der Waals surface area contributed by atoms with Crippen LogP contribution in [0.4, 0.5) is 0 Å². The molecule has 3 N–H and O–H groups in total. The second-order valence-electron chi connectivity index (χ2n) is 6.35. The summed E-state index contributed by atoms with van der Waals surface area (Å²) in [4.78, 5) is 24.8. The Kier molecular flexibility index (Phi) is 7.80. The monoisotopic (exact) mass is 495 g/mol. The number of methoxy groups -OCH3 is 1. The Morgan fingerprint density at radius 2 is 1.89 bits per heavy atom. The summed E-state index contributed by atoms with van der Waals surface area (Å²) in [6.45, 7) is 3.68. The van der Waals surface area contributed by atoms with Crippen LogP contribution in [0.1, 0.15) is 29.8 Å². The fourth-order valence-electron chi connectivity index (χ4n) is 2.41. The van der Waals surface area contributed by atoms with Crippen molar-refractivity contribution in [2.75, 3.05) is 7.11 Å². The topological polar surface area (TPSA) is 100 Å². The van der Waals surface area contributed by atoms with E-state index in [4.69, 9.17) is 4.74 Å². The number of amides is 2. The van der Waals surface area contributed by atoms with Gasteiger partial charge in [0.1, 0.15) is 6.04 Å². The van der Waals surface area contributed by atoms with Gasteiger partial charge in [-0.25, -0.2) is 5.43 Å². The summed E-state index contributed by atoms with van der Waals surface area (Å²) < 4.78 is 5.70. The molecule has 148 valence electrons. The van der Waals surface area contributed by atoms with E-state index in [0.29, 0.717) is 20.4 Å². The highest BCUT2D eigenvalue weighted by Crippen LogP contribution is 2.31. The maximum absolute atomic E-state index is 12.5. The number of carbonyl (C=O) groups is 2. The first-order valence-electron chi connectivity index (χ1n) is 8.58. The predicted molar refractivity (Wildman–Crippen MR) is 116 cm³/mol. The summed E-state index contributed by atoms with van der Waals surface area (Å²) in [5, 5.41) is 16.6. The van der Waals surface area contributed by atoms with Gasteiger partial charge in [0.25, 0.3) is 11.8 Å². The lowest BCUT2D eigenvalue weighted by Gasteiger charge is -2.20. The molecule has 0 aromatic heterocycles. The summed E-state index contributed by atoms with van der Waals surface area (Å²) >= 11 is 1.98. The van der Waals surface area contributed by atoms with Crippen LogP contribution in [0.2, 0.25) is 0 Å². The van der Waals surface area contributed by atoms with Crippen LogP contribution < -0.4 is 15.5 Å². The van der Waals surface area contributed by atoms with E-state index >= 15 is 0 Å². The van der Waals surface area contributed by atoms with Gasteiger partial charge in [-0.2, -0.15) is 5.10 Å². The summed E-state index contributed by atoms with van der Waals surface area (Å²) in [6.07, 6.45) is 1.44. The van der Waals surface area contributed by atoms with Gasteiger partial charge in [0.05, 0.1) is 16.9 Å². The van der Waals surface area contributed by atoms with Crippen molar-refractivity contribution >= 4 is 40.6 Å². The van der Waals surface area contributed by atoms with Gasteiger partial charge in [-0.15, -0.1) is 0 Å². The van der Waals surface area contributed by atoms with Crippen LogP contribution in [0.3, 0.4) is 0 Å². The van der Waals surface area contributed by atoms with Crippen molar-refractivity contribution in [1.82, 2.24) is 10.7 Å². The molecular weight excluding hydrogens is 473 g/mol. The van der Waals surface area contributed by atoms with Gasteiger partial charge in [-0.3, -0.25) is 9.59 Å². The molecule has 0 fully saturated rings. The summed E-state index contributed by atoms with van der Waals surface area (Å²) in [6, 6.07) is 11.3. The molecule has 2 aromatic carbocycles. The van der Waals surface area contributed by atoms with Gasteiger partial charge in [0.15, 0.2) is 11.5 Å². The number of phenols is 1. The van der Waals surface area contributed by atoms with Gasteiger partial charge in [0.2, 0.25) is 0 Å². The zero-order valence-corrected chi connectivity index (χ0v) is 17.9. The summed E-state index contributed by atoms with van der Waals surface area (Å²) in [5.74, 6) is -0.507. The van der Waals surface area contributed by atoms with Crippen LogP contribution in [0.5, 0.6) is 11.5 Å². The van der Waals surface area contributed by atoms with Crippen LogP contribution in [0.25, 0.3) is 0 Å². The van der Waals surface area contributed by atoms with E-state index in [2.05, 4.69) is 15.8 Å². The average molecular weight is 495 g/mol. The molecule has 0 spiro atoms. The van der Waals surface area contributed by atoms with E-state index in [9.17, 15) is 14.7 Å². The molecule has 0 saturated heterocycles. The Hall–Kier alpha value is -2.62. The Morgan fingerprint density at radius 1 is 1.21 bits per heavy atom. The SMILES string of the molecule is COc1cc(C=NNC(=O)C(NC(=O)c2ccccc2)C(C)C)cc(I)c1O. The third-order valence-electron chi connectivity index (χ3n) is 3.93. The van der Waals surface area contributed by atoms with Crippen molar-refractivity contribution in [2.45, 2.75) is 19.9 Å². The smallest absolute Gasteiger partial charge is 0.262 e. The van der Waals surface area contributed by atoms with E-state index in [1.165, 1.54) is 13.3 Å². The number of rotatable bonds is 7. The standard InChI is InChI=1S/C20H22IN3O4/c1-12(2)17(23-19(26)14-7-5-4-6-8-14)20(27)24-22-11-13-9-15(21)18(25)16(10-13)28-3/h4-12,17,25H,1-3H3,(H,23,26)(H,24,27). The predicted octanol–water partition coefficient (Wildman–Crippen LogP) is 2.91. The molecule has 1 atom stereocenters. The molecular formula is C20H22IN3O4. The van der Waals surface area contributed by atoms with Crippen LogP contribution >= 0.6 is 22.6 Å². The number of hydrazone groups is 1. The van der Waals surface area contributed by atoms with E-state index < -0.39 is 11.9 Å². The van der Waals surface area contributed by atoms with Gasteiger partial charge in [0, 0.05) is 5.56 Å². The van der Waals surface area contributed by atoms with E-state index in [0.717, 1.165) is 0 Å². The zero-order valence-electron chi connectivity index (χ0n) is 15.8. The Bertz CT molecular complexity index is 869. The second-order valence-corrected chi connectivity index (χ2v) is 7.51. The maximum Gasteiger partial charge on any atom is 0.262 e. The molecule has 0 aliphatic heterocycles. The van der Waals surface area contributed by atoms with Gasteiger partial charge >= 0.3 is 0 Å². The van der Waals surface area contributed by atoms with Gasteiger partial charge in [-0.1, -0.05) is 32.0 Å². The summed E-state index contributed by atoms with van der Waals surface area (Å²) in [5.41, 5.74) is 3.58. The Labute approximate surface area is 177 Å². The third-order valence-corrected chi connectivity index (χ3v) is 4.75. The molecule has 0 aliphatic rings. The van der Waals surface area contributed by atoms with E-state index in [1.54, 1.807) is 36.4 Å². The molecule has 2 rings (SSSR count). The maximum atomic E-state index is 12.5. The highest BCUT2D eigenvalue weighted by atomic mass is 127. The lowest BCUT2D eigenvalue weighted by atomic mass is 10.0. The highest BCUT2D eigenvalue weighted by molar-refractivity contribution is 14.1. The first-order chi connectivity index (χ1) is 13.3. The second kappa shape index (κ2) is 10.1. The number of phenolic OH excluding ortho intramolecular Hbond substituents is 1. The van der Waals surface area contributed by atoms with Crippen molar-refractivity contribution in [1.29, 1.82) is 0 Å². The first kappa shape index (κ1) is 21.7. The van der Waals surface area contributed by atoms with Crippen molar-refractivity contribution in [3.8, 4) is 11.5 Å². The fraction of sp³-hybridized carbons (Fsp3) is 0.250. The molecule has 0 radical (unpaired) electrons. The van der Waals surface area contributed by atoms with Crippen LogP contribution in [-0.2, 0) is 4.79 Å². The Balaban J connectivity index is 2.05. The molecule has 7 nitrogen and oxygen atoms in total. The molecule has 2 aromatic rings. The number of benzene rings is 2. The number of hydrogen-bond acceptors (Lipinski definition) is 5. The number of nitrogens with zero attached hydrogens (tertiary/aromatic N) is 1. The lowest BCUT2D eigenvalue weighted by Crippen LogP contribution is -2.48. The third kappa shape index (κ3) is 5.69. The molecule has 28 heavy (non-hydrogen) atoms. The lowest BCUT2D eigenvalue weighted by molar-refractivity contribution is -0.123.